The van der Waals surface area contributed by atoms with E-state index in [0.717, 1.165) is 50.2 Å². The molecule has 1 saturated carbocycles. The van der Waals surface area contributed by atoms with Gasteiger partial charge in [-0.15, -0.1) is 12.4 Å². The van der Waals surface area contributed by atoms with Crippen molar-refractivity contribution in [1.29, 1.82) is 0 Å². The number of amides is 1. The lowest BCUT2D eigenvalue weighted by Crippen LogP contribution is -2.31. The minimum absolute atomic E-state index is 0. The molecule has 1 unspecified atom stereocenters. The first-order valence-electron chi connectivity index (χ1n) is 7.98. The summed E-state index contributed by atoms with van der Waals surface area (Å²) in [5.74, 6) is 1.11. The molecule has 0 radical (unpaired) electrons. The molecule has 1 spiro atoms. The minimum atomic E-state index is 0. The highest BCUT2D eigenvalue weighted by atomic mass is 35.5. The van der Waals surface area contributed by atoms with E-state index in [1.54, 1.807) is 0 Å². The summed E-state index contributed by atoms with van der Waals surface area (Å²) in [4.78, 5) is 12.5. The van der Waals surface area contributed by atoms with Gasteiger partial charge in [-0.1, -0.05) is 19.1 Å². The van der Waals surface area contributed by atoms with Gasteiger partial charge >= 0.3 is 0 Å². The van der Waals surface area contributed by atoms with E-state index in [1.165, 1.54) is 0 Å². The number of ether oxygens (including phenoxy) is 1. The van der Waals surface area contributed by atoms with Crippen molar-refractivity contribution in [2.75, 3.05) is 25.0 Å². The molecule has 1 saturated heterocycles. The van der Waals surface area contributed by atoms with Crippen molar-refractivity contribution in [3.05, 3.63) is 24.3 Å². The number of hydrogen-bond donors (Lipinski definition) is 2. The summed E-state index contributed by atoms with van der Waals surface area (Å²) in [6, 6.07) is 7.70. The monoisotopic (exact) mass is 324 g/mol. The molecule has 1 aliphatic carbocycles. The minimum Gasteiger partial charge on any atom is -0.491 e. The van der Waals surface area contributed by atoms with Crippen molar-refractivity contribution in [2.24, 2.45) is 11.3 Å². The molecule has 4 nitrogen and oxygen atoms in total. The Bertz CT molecular complexity index is 515. The van der Waals surface area contributed by atoms with Crippen LogP contribution in [-0.2, 0) is 4.79 Å². The summed E-state index contributed by atoms with van der Waals surface area (Å²) in [5.41, 5.74) is 1.07. The van der Waals surface area contributed by atoms with Gasteiger partial charge < -0.3 is 15.4 Å². The molecule has 122 valence electrons. The van der Waals surface area contributed by atoms with E-state index < -0.39 is 0 Å². The van der Waals surface area contributed by atoms with Crippen LogP contribution in [0.5, 0.6) is 5.75 Å². The van der Waals surface area contributed by atoms with Crippen molar-refractivity contribution < 1.29 is 9.53 Å². The van der Waals surface area contributed by atoms with Gasteiger partial charge in [-0.05, 0) is 56.3 Å². The first-order valence-corrected chi connectivity index (χ1v) is 7.98. The molecular weight excluding hydrogens is 300 g/mol. The van der Waals surface area contributed by atoms with Crippen LogP contribution in [0.1, 0.15) is 32.6 Å². The average Bonchev–Trinajstić information content (AvgIpc) is 3.20. The number of anilines is 1. The van der Waals surface area contributed by atoms with Crippen LogP contribution >= 0.6 is 12.4 Å². The second-order valence-corrected chi connectivity index (χ2v) is 6.20. The van der Waals surface area contributed by atoms with E-state index >= 15 is 0 Å². The van der Waals surface area contributed by atoms with Gasteiger partial charge in [0.05, 0.1) is 12.3 Å². The van der Waals surface area contributed by atoms with Crippen LogP contribution in [-0.4, -0.2) is 25.6 Å². The van der Waals surface area contributed by atoms with Crippen molar-refractivity contribution in [2.45, 2.75) is 32.6 Å². The topological polar surface area (TPSA) is 50.4 Å². The van der Waals surface area contributed by atoms with Crippen LogP contribution in [0.15, 0.2) is 24.3 Å². The molecule has 0 aromatic heterocycles. The molecule has 2 N–H and O–H groups in total. The SMILES string of the molecule is CCCOc1ccccc1NC(=O)C1CC12CCNCC2.Cl. The first kappa shape index (κ1) is 17.1. The fourth-order valence-corrected chi connectivity index (χ4v) is 3.32. The van der Waals surface area contributed by atoms with Gasteiger partial charge in [0.15, 0.2) is 0 Å². The smallest absolute Gasteiger partial charge is 0.228 e. The quantitative estimate of drug-likeness (QED) is 0.874. The van der Waals surface area contributed by atoms with Crippen molar-refractivity contribution >= 4 is 24.0 Å². The molecule has 1 amide bonds. The first-order chi connectivity index (χ1) is 10.2. The van der Waals surface area contributed by atoms with Gasteiger partial charge in [-0.25, -0.2) is 0 Å². The van der Waals surface area contributed by atoms with E-state index in [0.29, 0.717) is 6.61 Å². The van der Waals surface area contributed by atoms with Crippen molar-refractivity contribution in [3.63, 3.8) is 0 Å². The van der Waals surface area contributed by atoms with E-state index in [-0.39, 0.29) is 29.6 Å². The molecule has 1 aromatic rings. The highest BCUT2D eigenvalue weighted by molar-refractivity contribution is 5.96. The number of carbonyl (C=O) groups excluding carboxylic acids is 1. The van der Waals surface area contributed by atoms with Crippen molar-refractivity contribution in [3.8, 4) is 5.75 Å². The Kier molecular flexibility index (Phi) is 5.70. The van der Waals surface area contributed by atoms with Crippen LogP contribution in [0, 0.1) is 11.3 Å². The highest BCUT2D eigenvalue weighted by Crippen LogP contribution is 2.58. The average molecular weight is 325 g/mol. The maximum Gasteiger partial charge on any atom is 0.228 e. The van der Waals surface area contributed by atoms with Gasteiger partial charge in [0.1, 0.15) is 5.75 Å². The summed E-state index contributed by atoms with van der Waals surface area (Å²) in [6.07, 6.45) is 4.25. The molecule has 3 rings (SSSR count). The molecule has 1 aromatic carbocycles. The van der Waals surface area contributed by atoms with Crippen molar-refractivity contribution in [1.82, 2.24) is 5.32 Å². The number of halogens is 1. The lowest BCUT2D eigenvalue weighted by atomic mass is 9.92. The Morgan fingerprint density at radius 2 is 2.09 bits per heavy atom. The fraction of sp³-hybridized carbons (Fsp3) is 0.588. The summed E-state index contributed by atoms with van der Waals surface area (Å²) < 4.78 is 5.70. The predicted molar refractivity (Wildman–Crippen MR) is 90.7 cm³/mol. The molecule has 5 heteroatoms. The van der Waals surface area contributed by atoms with E-state index in [2.05, 4.69) is 17.6 Å². The molecule has 1 atom stereocenters. The van der Waals surface area contributed by atoms with E-state index in [4.69, 9.17) is 4.74 Å². The number of hydrogen-bond acceptors (Lipinski definition) is 3. The largest absolute Gasteiger partial charge is 0.491 e. The van der Waals surface area contributed by atoms with Crippen LogP contribution in [0.25, 0.3) is 0 Å². The number of piperidine rings is 1. The lowest BCUT2D eigenvalue weighted by molar-refractivity contribution is -0.118. The Hall–Kier alpha value is -1.26. The second kappa shape index (κ2) is 7.34. The highest BCUT2D eigenvalue weighted by Gasteiger charge is 2.57. The fourth-order valence-electron chi connectivity index (χ4n) is 3.32. The maximum absolute atomic E-state index is 12.5. The summed E-state index contributed by atoms with van der Waals surface area (Å²) in [6.45, 7) is 4.83. The van der Waals surface area contributed by atoms with E-state index in [1.807, 2.05) is 24.3 Å². The van der Waals surface area contributed by atoms with Crippen LogP contribution in [0.2, 0.25) is 0 Å². The summed E-state index contributed by atoms with van der Waals surface area (Å²) in [5, 5.41) is 6.44. The van der Waals surface area contributed by atoms with Gasteiger partial charge in [0, 0.05) is 5.92 Å². The summed E-state index contributed by atoms with van der Waals surface area (Å²) in [7, 11) is 0. The van der Waals surface area contributed by atoms with Gasteiger partial charge in [0.2, 0.25) is 5.91 Å². The Balaban J connectivity index is 0.00000176. The Morgan fingerprint density at radius 1 is 1.36 bits per heavy atom. The van der Waals surface area contributed by atoms with Gasteiger partial charge in [-0.2, -0.15) is 0 Å². The molecular formula is C17H25ClN2O2. The molecule has 0 bridgehead atoms. The molecule has 1 aliphatic heterocycles. The number of carbonyl (C=O) groups is 1. The van der Waals surface area contributed by atoms with Crippen LogP contribution in [0.3, 0.4) is 0 Å². The number of para-hydroxylation sites is 2. The van der Waals surface area contributed by atoms with Crippen LogP contribution in [0.4, 0.5) is 5.69 Å². The number of nitrogens with one attached hydrogen (secondary N) is 2. The predicted octanol–water partition coefficient (Wildman–Crippen LogP) is 3.23. The zero-order valence-corrected chi connectivity index (χ0v) is 13.9. The third kappa shape index (κ3) is 3.55. The number of benzene rings is 1. The number of rotatable bonds is 5. The zero-order chi connectivity index (χ0) is 14.7. The molecule has 2 aliphatic rings. The third-order valence-corrected chi connectivity index (χ3v) is 4.71. The zero-order valence-electron chi connectivity index (χ0n) is 13.1. The van der Waals surface area contributed by atoms with Gasteiger partial charge in [0.25, 0.3) is 0 Å². The van der Waals surface area contributed by atoms with Gasteiger partial charge in [-0.3, -0.25) is 4.79 Å². The van der Waals surface area contributed by atoms with E-state index in [9.17, 15) is 4.79 Å². The standard InChI is InChI=1S/C17H24N2O2.ClH/c1-2-11-21-15-6-4-3-5-14(15)19-16(20)13-12-17(13)7-9-18-10-8-17;/h3-6,13,18H,2,7-12H2,1H3,(H,19,20);1H. The Labute approximate surface area is 138 Å². The lowest BCUT2D eigenvalue weighted by Gasteiger charge is -2.23. The molecule has 1 heterocycles. The maximum atomic E-state index is 12.5. The normalized spacial score (nSPS) is 21.8. The molecule has 2 fully saturated rings. The third-order valence-electron chi connectivity index (χ3n) is 4.71. The Morgan fingerprint density at radius 3 is 2.82 bits per heavy atom. The second-order valence-electron chi connectivity index (χ2n) is 6.20. The molecule has 22 heavy (non-hydrogen) atoms. The summed E-state index contributed by atoms with van der Waals surface area (Å²) >= 11 is 0. The van der Waals surface area contributed by atoms with Crippen LogP contribution < -0.4 is 15.4 Å².